The summed E-state index contributed by atoms with van der Waals surface area (Å²) < 4.78 is 11.3. The molecule has 7 atom stereocenters. The molecule has 9 heteroatoms. The number of hydrogen-bond acceptors (Lipinski definition) is 8. The minimum atomic E-state index is -1.55. The van der Waals surface area contributed by atoms with Crippen LogP contribution in [0.3, 0.4) is 0 Å². The Morgan fingerprint density at radius 3 is 1.21 bits per heavy atom. The first kappa shape index (κ1) is 67.7. The van der Waals surface area contributed by atoms with E-state index in [0.29, 0.717) is 12.8 Å². The van der Waals surface area contributed by atoms with Crippen molar-refractivity contribution in [2.45, 2.75) is 352 Å². The Hall–Kier alpha value is -1.33. The van der Waals surface area contributed by atoms with E-state index in [1.807, 2.05) is 0 Å². The standard InChI is InChI=1S/C62H119NO8/c1-3-5-7-9-11-13-15-16-17-18-19-20-21-22-23-24-25-26-27-28-29-30-31-32-33-34-35-36-37-38-39-40-42-44-46-48-50-52-58(66)63-55(54-70-62-61(69)60(68)59(67)57(53-64)71-62)56(65)51-49-47-45-43-41-14-12-10-8-6-4-2/h15-16,18-19,55-57,59-62,64-65,67-69H,3-14,17,20-54H2,1-2H3,(H,63,66)/b16-15-,19-18-. The highest BCUT2D eigenvalue weighted by molar-refractivity contribution is 5.76. The zero-order valence-electron chi connectivity index (χ0n) is 46.8. The summed E-state index contributed by atoms with van der Waals surface area (Å²) in [6.07, 6.45) is 59.7. The Bertz CT molecular complexity index is 1170. The van der Waals surface area contributed by atoms with Gasteiger partial charge in [-0.3, -0.25) is 4.79 Å². The predicted octanol–water partition coefficient (Wildman–Crippen LogP) is 15.7. The van der Waals surface area contributed by atoms with Gasteiger partial charge in [-0.15, -0.1) is 0 Å². The van der Waals surface area contributed by atoms with Crippen molar-refractivity contribution >= 4 is 5.91 Å². The van der Waals surface area contributed by atoms with Gasteiger partial charge in [0, 0.05) is 6.42 Å². The first-order valence-corrected chi connectivity index (χ1v) is 31.0. The predicted molar refractivity (Wildman–Crippen MR) is 300 cm³/mol. The summed E-state index contributed by atoms with van der Waals surface area (Å²) in [5, 5.41) is 54.5. The number of aliphatic hydroxyl groups is 5. The molecule has 0 aromatic carbocycles. The Morgan fingerprint density at radius 1 is 0.479 bits per heavy atom. The molecule has 1 fully saturated rings. The van der Waals surface area contributed by atoms with E-state index in [4.69, 9.17) is 9.47 Å². The van der Waals surface area contributed by atoms with Gasteiger partial charge in [-0.25, -0.2) is 0 Å². The van der Waals surface area contributed by atoms with Gasteiger partial charge < -0.3 is 40.3 Å². The molecule has 1 amide bonds. The molecule has 9 nitrogen and oxygen atoms in total. The number of rotatable bonds is 54. The van der Waals surface area contributed by atoms with E-state index in [1.54, 1.807) is 0 Å². The number of allylic oxidation sites excluding steroid dienone is 4. The maximum atomic E-state index is 13.0. The molecule has 1 saturated heterocycles. The molecule has 0 radical (unpaired) electrons. The normalized spacial score (nSPS) is 19.3. The van der Waals surface area contributed by atoms with Gasteiger partial charge in [-0.1, -0.05) is 282 Å². The van der Waals surface area contributed by atoms with Crippen LogP contribution in [0.1, 0.15) is 309 Å². The number of carbonyl (C=O) groups excluding carboxylic acids is 1. The Labute approximate surface area is 439 Å². The number of nitrogens with one attached hydrogen (secondary N) is 1. The van der Waals surface area contributed by atoms with Crippen LogP contribution >= 0.6 is 0 Å². The lowest BCUT2D eigenvalue weighted by Gasteiger charge is -2.40. The Morgan fingerprint density at radius 2 is 0.831 bits per heavy atom. The number of ether oxygens (including phenoxy) is 2. The second-order valence-corrected chi connectivity index (χ2v) is 21.9. The number of unbranched alkanes of at least 4 members (excludes halogenated alkanes) is 40. The summed E-state index contributed by atoms with van der Waals surface area (Å²) in [4.78, 5) is 13.0. The average molecular weight is 1010 g/mol. The summed E-state index contributed by atoms with van der Waals surface area (Å²) in [7, 11) is 0. The van der Waals surface area contributed by atoms with E-state index >= 15 is 0 Å². The quantitative estimate of drug-likeness (QED) is 0.0261. The molecule has 7 unspecified atom stereocenters. The SMILES string of the molecule is CCCCCCC/C=C\C/C=C\CCCCCCCCCCCCCCCCCCCCCCCCCCCC(=O)NC(COC1OC(CO)C(O)C(O)C1O)C(O)CCCCCCCCCCCCC. The molecular formula is C62H119NO8. The number of hydrogen-bond donors (Lipinski definition) is 6. The molecule has 71 heavy (non-hydrogen) atoms. The minimum absolute atomic E-state index is 0.133. The second kappa shape index (κ2) is 52.1. The molecular weight excluding hydrogens is 887 g/mol. The van der Waals surface area contributed by atoms with Gasteiger partial charge in [0.1, 0.15) is 24.4 Å². The second-order valence-electron chi connectivity index (χ2n) is 21.9. The lowest BCUT2D eigenvalue weighted by molar-refractivity contribution is -0.302. The van der Waals surface area contributed by atoms with Crippen LogP contribution in [0.25, 0.3) is 0 Å². The van der Waals surface area contributed by atoms with Gasteiger partial charge in [-0.05, 0) is 44.9 Å². The summed E-state index contributed by atoms with van der Waals surface area (Å²) in [6.45, 7) is 3.84. The first-order valence-electron chi connectivity index (χ1n) is 31.0. The molecule has 1 aliphatic rings. The monoisotopic (exact) mass is 1010 g/mol. The van der Waals surface area contributed by atoms with E-state index in [9.17, 15) is 30.3 Å². The third-order valence-electron chi connectivity index (χ3n) is 15.1. The van der Waals surface area contributed by atoms with Crippen molar-refractivity contribution < 1.29 is 39.8 Å². The molecule has 0 bridgehead atoms. The van der Waals surface area contributed by atoms with Crippen molar-refractivity contribution in [2.24, 2.45) is 0 Å². The van der Waals surface area contributed by atoms with Crippen LogP contribution in [-0.2, 0) is 14.3 Å². The first-order chi connectivity index (χ1) is 34.8. The molecule has 1 rings (SSSR count). The molecule has 0 saturated carbocycles. The van der Waals surface area contributed by atoms with Gasteiger partial charge in [-0.2, -0.15) is 0 Å². The molecule has 1 heterocycles. The Kier molecular flexibility index (Phi) is 49.7. The van der Waals surface area contributed by atoms with Gasteiger partial charge in [0.2, 0.25) is 5.91 Å². The van der Waals surface area contributed by atoms with Crippen LogP contribution in [0.5, 0.6) is 0 Å². The van der Waals surface area contributed by atoms with E-state index in [-0.39, 0.29) is 12.5 Å². The molecule has 1 aliphatic heterocycles. The molecule has 0 spiro atoms. The van der Waals surface area contributed by atoms with Crippen molar-refractivity contribution in [3.05, 3.63) is 24.3 Å². The zero-order chi connectivity index (χ0) is 51.5. The number of aliphatic hydroxyl groups excluding tert-OH is 5. The van der Waals surface area contributed by atoms with Gasteiger partial charge in [0.15, 0.2) is 6.29 Å². The summed E-state index contributed by atoms with van der Waals surface area (Å²) in [5.41, 5.74) is 0. The van der Waals surface area contributed by atoms with Crippen LogP contribution < -0.4 is 5.32 Å². The van der Waals surface area contributed by atoms with Crippen LogP contribution in [0, 0.1) is 0 Å². The van der Waals surface area contributed by atoms with Crippen molar-refractivity contribution in [2.75, 3.05) is 13.2 Å². The van der Waals surface area contributed by atoms with Crippen LogP contribution in [0.15, 0.2) is 24.3 Å². The maximum Gasteiger partial charge on any atom is 0.220 e. The van der Waals surface area contributed by atoms with E-state index < -0.39 is 49.5 Å². The lowest BCUT2D eigenvalue weighted by atomic mass is 9.99. The lowest BCUT2D eigenvalue weighted by Crippen LogP contribution is -2.60. The smallest absolute Gasteiger partial charge is 0.220 e. The third kappa shape index (κ3) is 41.6. The van der Waals surface area contributed by atoms with Crippen LogP contribution in [-0.4, -0.2) is 87.5 Å². The van der Waals surface area contributed by atoms with Gasteiger partial charge >= 0.3 is 0 Å². The highest BCUT2D eigenvalue weighted by Crippen LogP contribution is 2.23. The summed E-state index contributed by atoms with van der Waals surface area (Å²) in [5.74, 6) is -0.139. The minimum Gasteiger partial charge on any atom is -0.394 e. The van der Waals surface area contributed by atoms with Gasteiger partial charge in [0.25, 0.3) is 0 Å². The molecule has 420 valence electrons. The largest absolute Gasteiger partial charge is 0.394 e. The fourth-order valence-electron chi connectivity index (χ4n) is 10.1. The van der Waals surface area contributed by atoms with Crippen molar-refractivity contribution in [3.8, 4) is 0 Å². The van der Waals surface area contributed by atoms with Crippen LogP contribution in [0.2, 0.25) is 0 Å². The van der Waals surface area contributed by atoms with E-state index in [0.717, 1.165) is 44.9 Å². The van der Waals surface area contributed by atoms with E-state index in [2.05, 4.69) is 43.5 Å². The van der Waals surface area contributed by atoms with Gasteiger partial charge in [0.05, 0.1) is 25.4 Å². The average Bonchev–Trinajstić information content (AvgIpc) is 3.37. The van der Waals surface area contributed by atoms with E-state index in [1.165, 1.54) is 238 Å². The van der Waals surface area contributed by atoms with Crippen molar-refractivity contribution in [1.82, 2.24) is 5.32 Å². The fourth-order valence-corrected chi connectivity index (χ4v) is 10.1. The summed E-state index contributed by atoms with van der Waals surface area (Å²) >= 11 is 0. The topological polar surface area (TPSA) is 149 Å². The molecule has 0 aromatic heterocycles. The molecule has 0 aromatic rings. The zero-order valence-corrected chi connectivity index (χ0v) is 46.8. The molecule has 6 N–H and O–H groups in total. The van der Waals surface area contributed by atoms with Crippen molar-refractivity contribution in [1.29, 1.82) is 0 Å². The Balaban J connectivity index is 2.01. The van der Waals surface area contributed by atoms with Crippen LogP contribution in [0.4, 0.5) is 0 Å². The molecule has 0 aliphatic carbocycles. The summed E-state index contributed by atoms with van der Waals surface area (Å²) in [6, 6.07) is -0.714. The highest BCUT2D eigenvalue weighted by atomic mass is 16.7. The third-order valence-corrected chi connectivity index (χ3v) is 15.1. The highest BCUT2D eigenvalue weighted by Gasteiger charge is 2.44. The maximum absolute atomic E-state index is 13.0. The fraction of sp³-hybridized carbons (Fsp3) is 0.919. The number of carbonyl (C=O) groups is 1. The van der Waals surface area contributed by atoms with Crippen molar-refractivity contribution in [3.63, 3.8) is 0 Å². The number of amides is 1.